The summed E-state index contributed by atoms with van der Waals surface area (Å²) in [5.74, 6) is -0.950. The summed E-state index contributed by atoms with van der Waals surface area (Å²) in [4.78, 5) is 37.2. The second kappa shape index (κ2) is 7.91. The van der Waals surface area contributed by atoms with Crippen molar-refractivity contribution in [3.63, 3.8) is 0 Å². The van der Waals surface area contributed by atoms with E-state index in [-0.39, 0.29) is 29.5 Å². The first-order chi connectivity index (χ1) is 12.9. The lowest BCUT2D eigenvalue weighted by molar-refractivity contribution is -0.137. The highest BCUT2D eigenvalue weighted by atomic mass is 19.4. The molecule has 0 bridgehead atoms. The van der Waals surface area contributed by atoms with Crippen LogP contribution in [0.1, 0.15) is 29.8 Å². The van der Waals surface area contributed by atoms with E-state index in [0.717, 1.165) is 21.3 Å². The number of carbonyl (C=O) groups excluding carboxylic acids is 1. The number of Topliss-reactive ketones (excluding diaryl/α,β-unsaturated/α-hetero) is 1. The second-order valence-corrected chi connectivity index (χ2v) is 6.77. The van der Waals surface area contributed by atoms with Gasteiger partial charge in [0.25, 0.3) is 5.56 Å². The Morgan fingerprint density at radius 3 is 2.46 bits per heavy atom. The molecule has 0 saturated carbocycles. The molecule has 0 unspecified atom stereocenters. The predicted octanol–water partition coefficient (Wildman–Crippen LogP) is 2.10. The van der Waals surface area contributed by atoms with E-state index in [0.29, 0.717) is 0 Å². The van der Waals surface area contributed by atoms with Crippen LogP contribution in [0.2, 0.25) is 0 Å². The molecule has 10 heteroatoms. The lowest BCUT2D eigenvalue weighted by Gasteiger charge is -2.16. The molecule has 1 aromatic carbocycles. The van der Waals surface area contributed by atoms with Crippen molar-refractivity contribution in [2.24, 2.45) is 13.0 Å². The van der Waals surface area contributed by atoms with Gasteiger partial charge in [0.2, 0.25) is 0 Å². The molecule has 7 nitrogen and oxygen atoms in total. The Morgan fingerprint density at radius 1 is 1.25 bits per heavy atom. The number of hydrogen-bond donors (Lipinski definition) is 2. The molecule has 0 spiro atoms. The van der Waals surface area contributed by atoms with Crippen molar-refractivity contribution in [2.75, 3.05) is 17.6 Å². The van der Waals surface area contributed by atoms with Gasteiger partial charge in [-0.15, -0.1) is 0 Å². The number of ketones is 1. The van der Waals surface area contributed by atoms with Crippen molar-refractivity contribution in [1.82, 2.24) is 9.13 Å². The van der Waals surface area contributed by atoms with Crippen LogP contribution >= 0.6 is 0 Å². The van der Waals surface area contributed by atoms with Gasteiger partial charge in [-0.05, 0) is 24.1 Å². The average Bonchev–Trinajstić information content (AvgIpc) is 2.61. The van der Waals surface area contributed by atoms with Gasteiger partial charge in [0.15, 0.2) is 5.78 Å². The quantitative estimate of drug-likeness (QED) is 0.726. The average molecular weight is 398 g/mol. The Kier molecular flexibility index (Phi) is 6.01. The van der Waals surface area contributed by atoms with Crippen LogP contribution in [0, 0.1) is 5.92 Å². The number of hydrogen-bond acceptors (Lipinski definition) is 5. The van der Waals surface area contributed by atoms with Crippen LogP contribution in [0.4, 0.5) is 24.7 Å². The number of anilines is 2. The maximum Gasteiger partial charge on any atom is 0.416 e. The number of nitrogens with one attached hydrogen (secondary N) is 1. The molecule has 152 valence electrons. The van der Waals surface area contributed by atoms with Gasteiger partial charge in [0.1, 0.15) is 11.4 Å². The van der Waals surface area contributed by atoms with Crippen molar-refractivity contribution >= 4 is 17.3 Å². The van der Waals surface area contributed by atoms with Crippen molar-refractivity contribution in [3.05, 3.63) is 56.2 Å². The topological polar surface area (TPSA) is 99.1 Å². The summed E-state index contributed by atoms with van der Waals surface area (Å²) in [6.07, 6.45) is -4.52. The van der Waals surface area contributed by atoms with E-state index in [1.165, 1.54) is 19.2 Å². The lowest BCUT2D eigenvalue weighted by Crippen LogP contribution is -2.43. The van der Waals surface area contributed by atoms with Crippen LogP contribution in [-0.2, 0) is 19.8 Å². The van der Waals surface area contributed by atoms with E-state index in [1.807, 2.05) is 13.8 Å². The van der Waals surface area contributed by atoms with Crippen molar-refractivity contribution in [2.45, 2.75) is 26.6 Å². The van der Waals surface area contributed by atoms with E-state index in [2.05, 4.69) is 5.32 Å². The summed E-state index contributed by atoms with van der Waals surface area (Å²) < 4.78 is 40.3. The predicted molar refractivity (Wildman–Crippen MR) is 99.5 cm³/mol. The van der Waals surface area contributed by atoms with Gasteiger partial charge in [-0.25, -0.2) is 4.79 Å². The Labute approximate surface area is 158 Å². The Morgan fingerprint density at radius 2 is 1.89 bits per heavy atom. The van der Waals surface area contributed by atoms with Gasteiger partial charge in [-0.1, -0.05) is 19.9 Å². The maximum absolute atomic E-state index is 12.8. The summed E-state index contributed by atoms with van der Waals surface area (Å²) in [7, 11) is 1.23. The van der Waals surface area contributed by atoms with E-state index in [1.54, 1.807) is 0 Å². The molecule has 0 atom stereocenters. The van der Waals surface area contributed by atoms with E-state index in [9.17, 15) is 27.6 Å². The van der Waals surface area contributed by atoms with E-state index in [4.69, 9.17) is 5.73 Å². The van der Waals surface area contributed by atoms with Crippen LogP contribution in [-0.4, -0.2) is 21.5 Å². The first-order valence-electron chi connectivity index (χ1n) is 8.47. The molecule has 0 aliphatic heterocycles. The first kappa shape index (κ1) is 21.3. The van der Waals surface area contributed by atoms with Crippen molar-refractivity contribution < 1.29 is 18.0 Å². The Hall–Kier alpha value is -3.04. The monoisotopic (exact) mass is 398 g/mol. The molecular weight excluding hydrogens is 377 g/mol. The fourth-order valence-corrected chi connectivity index (χ4v) is 2.66. The molecular formula is C18H21F3N4O3. The zero-order valence-corrected chi connectivity index (χ0v) is 15.6. The number of nitrogens with zero attached hydrogens (tertiary/aromatic N) is 2. The highest BCUT2D eigenvalue weighted by molar-refractivity contribution is 6.02. The summed E-state index contributed by atoms with van der Waals surface area (Å²) in [6.45, 7) is 3.43. The normalized spacial score (nSPS) is 11.7. The fourth-order valence-electron chi connectivity index (χ4n) is 2.66. The summed E-state index contributed by atoms with van der Waals surface area (Å²) in [5.41, 5.74) is 3.24. The van der Waals surface area contributed by atoms with Crippen LogP contribution in [0.5, 0.6) is 0 Å². The van der Waals surface area contributed by atoms with Gasteiger partial charge in [-0.2, -0.15) is 13.2 Å². The maximum atomic E-state index is 12.8. The number of rotatable bonds is 6. The molecule has 2 aromatic rings. The molecule has 2 rings (SSSR count). The number of nitrogen functional groups attached to an aromatic ring is 1. The summed E-state index contributed by atoms with van der Waals surface area (Å²) >= 11 is 0. The highest BCUT2D eigenvalue weighted by Gasteiger charge is 2.30. The molecule has 0 aliphatic carbocycles. The van der Waals surface area contributed by atoms with Crippen molar-refractivity contribution in [1.29, 1.82) is 0 Å². The minimum absolute atomic E-state index is 0.0312. The molecule has 0 fully saturated rings. The minimum atomic E-state index is -4.52. The zero-order valence-electron chi connectivity index (χ0n) is 15.6. The molecule has 0 amide bonds. The van der Waals surface area contributed by atoms with Gasteiger partial charge >= 0.3 is 11.9 Å². The Balaban J connectivity index is 2.34. The first-order valence-corrected chi connectivity index (χ1v) is 8.47. The third kappa shape index (κ3) is 4.44. The van der Waals surface area contributed by atoms with Gasteiger partial charge in [-0.3, -0.25) is 18.7 Å². The molecule has 1 heterocycles. The van der Waals surface area contributed by atoms with Crippen LogP contribution in [0.15, 0.2) is 33.9 Å². The summed E-state index contributed by atoms with van der Waals surface area (Å²) in [5, 5.41) is 2.56. The van der Waals surface area contributed by atoms with Crippen molar-refractivity contribution in [3.8, 4) is 0 Å². The zero-order chi connectivity index (χ0) is 21.2. The lowest BCUT2D eigenvalue weighted by atomic mass is 10.1. The number of nitrogens with two attached hydrogens (primary N) is 1. The highest BCUT2D eigenvalue weighted by Crippen LogP contribution is 2.30. The molecule has 3 N–H and O–H groups in total. The van der Waals surface area contributed by atoms with Gasteiger partial charge < -0.3 is 11.1 Å². The fraction of sp³-hybridized carbons (Fsp3) is 0.389. The number of benzene rings is 1. The molecule has 28 heavy (non-hydrogen) atoms. The van der Waals surface area contributed by atoms with E-state index >= 15 is 0 Å². The largest absolute Gasteiger partial charge is 0.416 e. The minimum Gasteiger partial charge on any atom is -0.384 e. The van der Waals surface area contributed by atoms with Gasteiger partial charge in [0.05, 0.1) is 12.1 Å². The number of alkyl halides is 3. The van der Waals surface area contributed by atoms with Crippen LogP contribution in [0.25, 0.3) is 0 Å². The summed E-state index contributed by atoms with van der Waals surface area (Å²) in [6, 6.07) is 4.33. The third-order valence-electron chi connectivity index (χ3n) is 4.05. The molecule has 0 aliphatic rings. The Bertz CT molecular complexity index is 1010. The third-order valence-corrected chi connectivity index (χ3v) is 4.05. The second-order valence-electron chi connectivity index (χ2n) is 6.77. The van der Waals surface area contributed by atoms with Gasteiger partial charge in [0, 0.05) is 19.3 Å². The SMILES string of the molecule is CC(C)Cn1c(N)c(C(=O)CNc2cccc(C(F)(F)F)c2)c(=O)n(C)c1=O. The number of carbonyl (C=O) groups is 1. The smallest absolute Gasteiger partial charge is 0.384 e. The molecule has 1 aromatic heterocycles. The molecule has 0 radical (unpaired) electrons. The van der Waals surface area contributed by atoms with E-state index < -0.39 is 35.3 Å². The molecule has 0 saturated heterocycles. The number of aromatic nitrogens is 2. The number of halogens is 3. The van der Waals surface area contributed by atoms with Crippen LogP contribution < -0.4 is 22.3 Å². The van der Waals surface area contributed by atoms with Crippen LogP contribution in [0.3, 0.4) is 0 Å². The standard InChI is InChI=1S/C18H21F3N4O3/c1-10(2)9-25-15(22)14(16(27)24(3)17(25)28)13(26)8-23-12-6-4-5-11(7-12)18(19,20)21/h4-7,10,23H,8-9,22H2,1-3H3.